The maximum absolute atomic E-state index is 13.0. The van der Waals surface area contributed by atoms with E-state index in [1.807, 2.05) is 47.4 Å². The van der Waals surface area contributed by atoms with Gasteiger partial charge >= 0.3 is 12.4 Å². The zero-order valence-electron chi connectivity index (χ0n) is 22.9. The van der Waals surface area contributed by atoms with Crippen molar-refractivity contribution in [2.75, 3.05) is 6.54 Å². The molecule has 4 rings (SSSR count). The molecular weight excluding hydrogens is 550 g/mol. The quantitative estimate of drug-likeness (QED) is 0.158. The fraction of sp³-hybridized carbons (Fsp3) is 0.235. The molecule has 2 nitrogen and oxygen atoms in total. The van der Waals surface area contributed by atoms with E-state index in [4.69, 9.17) is 0 Å². The highest BCUT2D eigenvalue weighted by Gasteiger charge is 2.30. The molecule has 0 amide bonds. The Morgan fingerprint density at radius 1 is 0.667 bits per heavy atom. The highest BCUT2D eigenvalue weighted by molar-refractivity contribution is 5.37. The van der Waals surface area contributed by atoms with E-state index in [9.17, 15) is 26.3 Å². The number of hydrogen-bond donors (Lipinski definition) is 1. The minimum absolute atomic E-state index is 0.171. The van der Waals surface area contributed by atoms with Crippen LogP contribution in [0.15, 0.2) is 103 Å². The van der Waals surface area contributed by atoms with Gasteiger partial charge in [-0.2, -0.15) is 26.3 Å². The van der Waals surface area contributed by atoms with Crippen molar-refractivity contribution in [3.05, 3.63) is 142 Å². The normalized spacial score (nSPS) is 12.6. The van der Waals surface area contributed by atoms with Gasteiger partial charge in [0.2, 0.25) is 0 Å². The first kappa shape index (κ1) is 30.9. The second-order valence-corrected chi connectivity index (χ2v) is 10.0. The third kappa shape index (κ3) is 9.23. The number of nitrogens with zero attached hydrogens (tertiary/aromatic N) is 1. The van der Waals surface area contributed by atoms with E-state index in [0.29, 0.717) is 17.7 Å². The standard InChI is InChI=1S/C34H30F6N2/c1-25(30-10-3-2-4-11-30)41-22-29-8-5-7-26(21-29)9-6-20-42(23-27-12-16-31(17-13-27)33(35,36)37)24-28-14-18-32(19-15-28)34(38,39)40/h2-5,7-8,10-19,21,25,41H,20,22-24H2,1H3. The van der Waals surface area contributed by atoms with Crippen molar-refractivity contribution >= 4 is 0 Å². The van der Waals surface area contributed by atoms with Gasteiger partial charge in [-0.1, -0.05) is 78.6 Å². The second kappa shape index (κ2) is 13.7. The molecule has 0 spiro atoms. The second-order valence-electron chi connectivity index (χ2n) is 10.0. The summed E-state index contributed by atoms with van der Waals surface area (Å²) in [5.41, 5.74) is 2.85. The SMILES string of the molecule is CC(NCc1cccc(C#CCN(Cc2ccc(C(F)(F)F)cc2)Cc2ccc(C(F)(F)F)cc2)c1)c1ccccc1. The molecule has 0 aliphatic heterocycles. The summed E-state index contributed by atoms with van der Waals surface area (Å²) in [5.74, 6) is 6.27. The van der Waals surface area contributed by atoms with Crippen LogP contribution in [0.5, 0.6) is 0 Å². The summed E-state index contributed by atoms with van der Waals surface area (Å²) >= 11 is 0. The molecule has 4 aromatic carbocycles. The van der Waals surface area contributed by atoms with Crippen LogP contribution in [0.3, 0.4) is 0 Å². The Hall–Kier alpha value is -4.06. The molecule has 1 unspecified atom stereocenters. The highest BCUT2D eigenvalue weighted by Crippen LogP contribution is 2.30. The fourth-order valence-corrected chi connectivity index (χ4v) is 4.43. The van der Waals surface area contributed by atoms with Crippen LogP contribution in [-0.4, -0.2) is 11.4 Å². The Balaban J connectivity index is 1.45. The van der Waals surface area contributed by atoms with Gasteiger partial charge in [0.25, 0.3) is 0 Å². The van der Waals surface area contributed by atoms with Crippen LogP contribution in [0.4, 0.5) is 26.3 Å². The van der Waals surface area contributed by atoms with Crippen LogP contribution >= 0.6 is 0 Å². The summed E-state index contributed by atoms with van der Waals surface area (Å²) in [4.78, 5) is 1.88. The predicted molar refractivity (Wildman–Crippen MR) is 152 cm³/mol. The van der Waals surface area contributed by atoms with Gasteiger partial charge in [0.15, 0.2) is 0 Å². The van der Waals surface area contributed by atoms with Crippen LogP contribution in [0, 0.1) is 11.8 Å². The molecule has 0 bridgehead atoms. The summed E-state index contributed by atoms with van der Waals surface area (Å²) in [6, 6.07) is 27.8. The van der Waals surface area contributed by atoms with E-state index in [1.165, 1.54) is 29.8 Å². The number of hydrogen-bond acceptors (Lipinski definition) is 2. The van der Waals surface area contributed by atoms with Crippen LogP contribution in [0.2, 0.25) is 0 Å². The first-order valence-corrected chi connectivity index (χ1v) is 13.4. The third-order valence-corrected chi connectivity index (χ3v) is 6.75. The Bertz CT molecular complexity index is 1420. The van der Waals surface area contributed by atoms with Gasteiger partial charge in [0.1, 0.15) is 0 Å². The fourth-order valence-electron chi connectivity index (χ4n) is 4.43. The molecular formula is C34H30F6N2. The molecule has 0 heterocycles. The number of nitrogens with one attached hydrogen (secondary N) is 1. The van der Waals surface area contributed by atoms with E-state index >= 15 is 0 Å². The molecule has 0 saturated carbocycles. The van der Waals surface area contributed by atoms with E-state index in [0.717, 1.165) is 35.4 Å². The molecule has 0 fully saturated rings. The smallest absolute Gasteiger partial charge is 0.306 e. The van der Waals surface area contributed by atoms with Crippen LogP contribution in [0.1, 0.15) is 51.9 Å². The molecule has 0 aliphatic carbocycles. The Labute approximate surface area is 242 Å². The lowest BCUT2D eigenvalue weighted by Gasteiger charge is -2.21. The summed E-state index contributed by atoms with van der Waals surface area (Å²) in [7, 11) is 0. The Kier molecular flexibility index (Phi) is 10.1. The maximum Gasteiger partial charge on any atom is 0.416 e. The van der Waals surface area contributed by atoms with E-state index in [-0.39, 0.29) is 25.7 Å². The first-order chi connectivity index (χ1) is 20.0. The zero-order valence-corrected chi connectivity index (χ0v) is 22.9. The van der Waals surface area contributed by atoms with E-state index in [1.54, 1.807) is 0 Å². The predicted octanol–water partition coefficient (Wildman–Crippen LogP) is 8.63. The minimum Gasteiger partial charge on any atom is -0.306 e. The van der Waals surface area contributed by atoms with Crippen molar-refractivity contribution in [3.8, 4) is 11.8 Å². The van der Waals surface area contributed by atoms with E-state index < -0.39 is 23.5 Å². The minimum atomic E-state index is -4.44. The molecule has 0 aromatic heterocycles. The molecule has 8 heteroatoms. The summed E-state index contributed by atoms with van der Waals surface area (Å²) < 4.78 is 78.0. The lowest BCUT2D eigenvalue weighted by atomic mass is 10.1. The van der Waals surface area contributed by atoms with E-state index in [2.05, 4.69) is 36.2 Å². The van der Waals surface area contributed by atoms with Gasteiger partial charge < -0.3 is 5.32 Å². The Morgan fingerprint density at radius 2 is 1.21 bits per heavy atom. The largest absolute Gasteiger partial charge is 0.416 e. The number of benzene rings is 4. The molecule has 1 N–H and O–H groups in total. The highest BCUT2D eigenvalue weighted by atomic mass is 19.4. The van der Waals surface area contributed by atoms with Crippen molar-refractivity contribution in [2.45, 2.75) is 45.0 Å². The van der Waals surface area contributed by atoms with Crippen molar-refractivity contribution in [2.24, 2.45) is 0 Å². The van der Waals surface area contributed by atoms with Crippen molar-refractivity contribution < 1.29 is 26.3 Å². The lowest BCUT2D eigenvalue weighted by molar-refractivity contribution is -0.138. The average Bonchev–Trinajstić information content (AvgIpc) is 2.96. The van der Waals surface area contributed by atoms with Gasteiger partial charge in [-0.05, 0) is 65.6 Å². The molecule has 0 radical (unpaired) electrons. The molecule has 1 atom stereocenters. The number of rotatable bonds is 9. The average molecular weight is 581 g/mol. The van der Waals surface area contributed by atoms with Crippen LogP contribution < -0.4 is 5.32 Å². The van der Waals surface area contributed by atoms with Gasteiger partial charge in [0.05, 0.1) is 17.7 Å². The molecule has 42 heavy (non-hydrogen) atoms. The van der Waals surface area contributed by atoms with Gasteiger partial charge in [-0.3, -0.25) is 4.90 Å². The third-order valence-electron chi connectivity index (χ3n) is 6.75. The number of alkyl halides is 6. The lowest BCUT2D eigenvalue weighted by Crippen LogP contribution is -2.23. The molecule has 0 aliphatic rings. The van der Waals surface area contributed by atoms with Gasteiger partial charge in [0, 0.05) is 31.2 Å². The van der Waals surface area contributed by atoms with Gasteiger partial charge in [-0.15, -0.1) is 0 Å². The summed E-state index contributed by atoms with van der Waals surface area (Å²) in [5, 5.41) is 3.50. The van der Waals surface area contributed by atoms with Crippen molar-refractivity contribution in [3.63, 3.8) is 0 Å². The van der Waals surface area contributed by atoms with Crippen LogP contribution in [-0.2, 0) is 32.0 Å². The van der Waals surface area contributed by atoms with Crippen molar-refractivity contribution in [1.82, 2.24) is 10.2 Å². The Morgan fingerprint density at radius 3 is 1.74 bits per heavy atom. The molecule has 0 saturated heterocycles. The molecule has 218 valence electrons. The zero-order chi connectivity index (χ0) is 30.2. The summed E-state index contributed by atoms with van der Waals surface area (Å²) in [6.45, 7) is 3.56. The number of halogens is 6. The molecule has 4 aromatic rings. The van der Waals surface area contributed by atoms with Crippen molar-refractivity contribution in [1.29, 1.82) is 0 Å². The first-order valence-electron chi connectivity index (χ1n) is 13.4. The maximum atomic E-state index is 13.0. The van der Waals surface area contributed by atoms with Crippen LogP contribution in [0.25, 0.3) is 0 Å². The topological polar surface area (TPSA) is 15.3 Å². The monoisotopic (exact) mass is 580 g/mol. The summed E-state index contributed by atoms with van der Waals surface area (Å²) in [6.07, 6.45) is -8.87. The van der Waals surface area contributed by atoms with Gasteiger partial charge in [-0.25, -0.2) is 0 Å².